The maximum absolute atomic E-state index is 11.4. The topological polar surface area (TPSA) is 95.4 Å². The second kappa shape index (κ2) is 6.88. The molecule has 1 unspecified atom stereocenters. The van der Waals surface area contributed by atoms with Crippen molar-refractivity contribution in [2.45, 2.75) is 23.6 Å². The Morgan fingerprint density at radius 3 is 2.88 bits per heavy atom. The molecule has 1 amide bonds. The van der Waals surface area contributed by atoms with Crippen LogP contribution in [0.15, 0.2) is 41.4 Å². The van der Waals surface area contributed by atoms with Crippen molar-refractivity contribution in [2.75, 3.05) is 7.11 Å². The normalized spacial score (nSPS) is 12.2. The number of fused-ring (bicyclic) bond motifs is 1. The van der Waals surface area contributed by atoms with E-state index in [2.05, 4.69) is 15.3 Å². The van der Waals surface area contributed by atoms with Gasteiger partial charge in [-0.15, -0.1) is 10.2 Å². The van der Waals surface area contributed by atoms with Gasteiger partial charge in [0.15, 0.2) is 11.5 Å². The first kappa shape index (κ1) is 16.3. The maximum Gasteiger partial charge on any atom is 0.230 e. The Bertz CT molecular complexity index is 880. The predicted molar refractivity (Wildman–Crippen MR) is 91.9 cm³/mol. The van der Waals surface area contributed by atoms with Gasteiger partial charge >= 0.3 is 0 Å². The van der Waals surface area contributed by atoms with Crippen molar-refractivity contribution in [2.24, 2.45) is 5.73 Å². The molecule has 24 heavy (non-hydrogen) atoms. The summed E-state index contributed by atoms with van der Waals surface area (Å²) in [6.07, 6.45) is 0.643. The zero-order valence-electron chi connectivity index (χ0n) is 13.3. The summed E-state index contributed by atoms with van der Waals surface area (Å²) in [6, 6.07) is 11.2. The van der Waals surface area contributed by atoms with Gasteiger partial charge in [0.2, 0.25) is 5.91 Å². The molecule has 1 atom stereocenters. The van der Waals surface area contributed by atoms with Crippen LogP contribution in [0.1, 0.15) is 13.3 Å². The lowest BCUT2D eigenvalue weighted by Crippen LogP contribution is -2.25. The van der Waals surface area contributed by atoms with Crippen molar-refractivity contribution < 1.29 is 9.53 Å². The Labute approximate surface area is 143 Å². The quantitative estimate of drug-likeness (QED) is 0.689. The molecule has 0 saturated heterocycles. The number of carbonyl (C=O) groups is 1. The van der Waals surface area contributed by atoms with Gasteiger partial charge in [-0.25, -0.2) is 0 Å². The Hall–Kier alpha value is -2.61. The van der Waals surface area contributed by atoms with Crippen molar-refractivity contribution in [1.82, 2.24) is 19.8 Å². The Kier molecular flexibility index (Phi) is 4.66. The van der Waals surface area contributed by atoms with Crippen LogP contribution < -0.4 is 10.5 Å². The largest absolute Gasteiger partial charge is 0.497 e. The molecule has 0 radical (unpaired) electrons. The third kappa shape index (κ3) is 3.18. The monoisotopic (exact) mass is 343 g/mol. The van der Waals surface area contributed by atoms with Crippen LogP contribution in [0, 0.1) is 0 Å². The first-order chi connectivity index (χ1) is 11.6. The van der Waals surface area contributed by atoms with Gasteiger partial charge in [-0.05, 0) is 30.7 Å². The molecule has 3 rings (SSSR count). The van der Waals surface area contributed by atoms with Crippen LogP contribution in [0.5, 0.6) is 5.75 Å². The highest BCUT2D eigenvalue weighted by Crippen LogP contribution is 2.26. The number of aromatic nitrogens is 4. The molecule has 8 heteroatoms. The number of nitrogens with zero attached hydrogens (tertiary/aromatic N) is 4. The van der Waals surface area contributed by atoms with E-state index in [4.69, 9.17) is 10.5 Å². The molecule has 3 aromatic rings. The molecule has 2 aromatic heterocycles. The molecular weight excluding hydrogens is 326 g/mol. The van der Waals surface area contributed by atoms with E-state index in [0.29, 0.717) is 22.9 Å². The highest BCUT2D eigenvalue weighted by Gasteiger charge is 2.17. The Morgan fingerprint density at radius 2 is 2.17 bits per heavy atom. The van der Waals surface area contributed by atoms with E-state index >= 15 is 0 Å². The average Bonchev–Trinajstić information content (AvgIpc) is 3.02. The summed E-state index contributed by atoms with van der Waals surface area (Å²) in [7, 11) is 1.61. The lowest BCUT2D eigenvalue weighted by molar-refractivity contribution is -0.117. The number of ether oxygens (including phenoxy) is 1. The molecule has 0 aliphatic rings. The van der Waals surface area contributed by atoms with E-state index < -0.39 is 0 Å². The molecule has 1 aromatic carbocycles. The van der Waals surface area contributed by atoms with Crippen LogP contribution in [0.2, 0.25) is 0 Å². The molecule has 2 heterocycles. The lowest BCUT2D eigenvalue weighted by Gasteiger charge is -2.09. The van der Waals surface area contributed by atoms with Gasteiger partial charge in [-0.3, -0.25) is 4.79 Å². The summed E-state index contributed by atoms with van der Waals surface area (Å²) in [5.74, 6) is 0.995. The van der Waals surface area contributed by atoms with Crippen molar-refractivity contribution in [3.63, 3.8) is 0 Å². The number of nitrogens with two attached hydrogens (primary N) is 1. The Morgan fingerprint density at radius 1 is 1.33 bits per heavy atom. The summed E-state index contributed by atoms with van der Waals surface area (Å²) >= 11 is 1.34. The van der Waals surface area contributed by atoms with Gasteiger partial charge in [0.1, 0.15) is 10.8 Å². The van der Waals surface area contributed by atoms with E-state index in [1.807, 2.05) is 43.3 Å². The molecule has 0 fully saturated rings. The summed E-state index contributed by atoms with van der Waals surface area (Å²) < 4.78 is 6.91. The number of methoxy groups -OCH3 is 1. The van der Waals surface area contributed by atoms with E-state index in [0.717, 1.165) is 11.3 Å². The average molecular weight is 343 g/mol. The van der Waals surface area contributed by atoms with Gasteiger partial charge in [-0.2, -0.15) is 9.61 Å². The fourth-order valence-electron chi connectivity index (χ4n) is 2.27. The van der Waals surface area contributed by atoms with Crippen LogP contribution in [0.25, 0.3) is 17.0 Å². The van der Waals surface area contributed by atoms with Gasteiger partial charge < -0.3 is 10.5 Å². The van der Waals surface area contributed by atoms with E-state index in [1.165, 1.54) is 11.8 Å². The van der Waals surface area contributed by atoms with Gasteiger partial charge in [0, 0.05) is 5.56 Å². The zero-order chi connectivity index (χ0) is 17.1. The number of hydrogen-bond donors (Lipinski definition) is 1. The van der Waals surface area contributed by atoms with Gasteiger partial charge in [0.25, 0.3) is 0 Å². The summed E-state index contributed by atoms with van der Waals surface area (Å²) in [6.45, 7) is 1.92. The third-order valence-corrected chi connectivity index (χ3v) is 4.83. The number of hydrogen-bond acceptors (Lipinski definition) is 6. The number of benzene rings is 1. The fraction of sp³-hybridized carbons (Fsp3) is 0.250. The number of thioether (sulfide) groups is 1. The first-order valence-corrected chi connectivity index (χ1v) is 8.33. The van der Waals surface area contributed by atoms with E-state index in [1.54, 1.807) is 11.6 Å². The molecule has 7 nitrogen and oxygen atoms in total. The van der Waals surface area contributed by atoms with Crippen molar-refractivity contribution in [3.8, 4) is 17.1 Å². The second-order valence-corrected chi connectivity index (χ2v) is 6.34. The molecular formula is C16H17N5O2S. The van der Waals surface area contributed by atoms with Crippen LogP contribution in [-0.4, -0.2) is 38.1 Å². The molecule has 0 spiro atoms. The minimum absolute atomic E-state index is 0.313. The molecule has 0 saturated carbocycles. The predicted octanol–water partition coefficient (Wildman–Crippen LogP) is 2.16. The van der Waals surface area contributed by atoms with E-state index in [-0.39, 0.29) is 11.2 Å². The fourth-order valence-corrected chi connectivity index (χ4v) is 3.12. The van der Waals surface area contributed by atoms with Crippen LogP contribution >= 0.6 is 11.8 Å². The van der Waals surface area contributed by atoms with Gasteiger partial charge in [0.05, 0.1) is 12.4 Å². The van der Waals surface area contributed by atoms with Crippen LogP contribution in [0.4, 0.5) is 0 Å². The molecule has 2 N–H and O–H groups in total. The highest BCUT2D eigenvalue weighted by atomic mass is 32.2. The summed E-state index contributed by atoms with van der Waals surface area (Å²) in [5.41, 5.74) is 6.88. The smallest absolute Gasteiger partial charge is 0.230 e. The lowest BCUT2D eigenvalue weighted by atomic mass is 10.2. The van der Waals surface area contributed by atoms with Crippen molar-refractivity contribution >= 4 is 23.3 Å². The molecule has 124 valence electrons. The summed E-state index contributed by atoms with van der Waals surface area (Å²) in [5, 5.41) is 13.3. The highest BCUT2D eigenvalue weighted by molar-refractivity contribution is 8.00. The number of rotatable bonds is 6. The molecule has 0 aliphatic heterocycles. The first-order valence-electron chi connectivity index (χ1n) is 7.45. The zero-order valence-corrected chi connectivity index (χ0v) is 14.2. The minimum atomic E-state index is -0.346. The minimum Gasteiger partial charge on any atom is -0.497 e. The van der Waals surface area contributed by atoms with Crippen molar-refractivity contribution in [1.29, 1.82) is 0 Å². The second-order valence-electron chi connectivity index (χ2n) is 5.11. The van der Waals surface area contributed by atoms with Crippen LogP contribution in [-0.2, 0) is 4.79 Å². The SMILES string of the molecule is CCC(Sc1ccc2nnc(-c3cccc(OC)c3)n2n1)C(N)=O. The standard InChI is InChI=1S/C16H17N5O2S/c1-3-12(15(17)22)24-14-8-7-13-18-19-16(21(13)20-14)10-5-4-6-11(9-10)23-2/h4-9,12H,3H2,1-2H3,(H2,17,22). The van der Waals surface area contributed by atoms with Crippen LogP contribution in [0.3, 0.4) is 0 Å². The Balaban J connectivity index is 2.01. The molecule has 0 aliphatic carbocycles. The number of carbonyl (C=O) groups excluding carboxylic acids is 1. The number of amides is 1. The molecule has 0 bridgehead atoms. The van der Waals surface area contributed by atoms with E-state index in [9.17, 15) is 4.79 Å². The third-order valence-electron chi connectivity index (χ3n) is 3.52. The van der Waals surface area contributed by atoms with Gasteiger partial charge in [-0.1, -0.05) is 30.8 Å². The summed E-state index contributed by atoms with van der Waals surface area (Å²) in [4.78, 5) is 11.4. The van der Waals surface area contributed by atoms with Crippen molar-refractivity contribution in [3.05, 3.63) is 36.4 Å². The maximum atomic E-state index is 11.4. The number of primary amides is 1.